The minimum Gasteiger partial charge on any atom is -0.454 e. The fourth-order valence-corrected chi connectivity index (χ4v) is 7.72. The second-order valence-electron chi connectivity index (χ2n) is 16.3. The molecule has 0 amide bonds. The Morgan fingerprint density at radius 2 is 1.12 bits per heavy atom. The smallest absolute Gasteiger partial charge is 0.160 e. The average Bonchev–Trinajstić information content (AvgIpc) is 3.57. The quantitative estimate of drug-likeness (QED) is 0.191. The van der Waals surface area contributed by atoms with Gasteiger partial charge in [-0.3, -0.25) is 0 Å². The van der Waals surface area contributed by atoms with Gasteiger partial charge >= 0.3 is 0 Å². The molecule has 2 nitrogen and oxygen atoms in total. The van der Waals surface area contributed by atoms with E-state index in [9.17, 15) is 0 Å². The fourth-order valence-electron chi connectivity index (χ4n) is 7.72. The molecule has 8 rings (SSSR count). The highest BCUT2D eigenvalue weighted by Crippen LogP contribution is 2.56. The molecule has 0 spiro atoms. The van der Waals surface area contributed by atoms with Crippen molar-refractivity contribution in [1.29, 1.82) is 0 Å². The van der Waals surface area contributed by atoms with Gasteiger partial charge in [-0.05, 0) is 97.8 Å². The Balaban J connectivity index is 1.45. The fraction of sp³-hybridized carbons (Fsp3) is 0.234. The first-order chi connectivity index (χ1) is 23.3. The molecule has 2 heteroatoms. The van der Waals surface area contributed by atoms with Crippen LogP contribution in [0.1, 0.15) is 77.6 Å². The number of furan rings is 1. The summed E-state index contributed by atoms with van der Waals surface area (Å²) in [5.41, 5.74) is 15.2. The van der Waals surface area contributed by atoms with Gasteiger partial charge in [0.1, 0.15) is 5.58 Å². The number of rotatable bonds is 4. The van der Waals surface area contributed by atoms with Crippen molar-refractivity contribution < 1.29 is 4.42 Å². The van der Waals surface area contributed by atoms with E-state index in [0.29, 0.717) is 0 Å². The van der Waals surface area contributed by atoms with Crippen LogP contribution in [0.3, 0.4) is 0 Å². The average molecular weight is 640 g/mol. The molecule has 244 valence electrons. The number of hydrogen-bond acceptors (Lipinski definition) is 2. The number of hydrogen-bond donors (Lipinski definition) is 0. The molecule has 0 saturated carbocycles. The van der Waals surface area contributed by atoms with Crippen molar-refractivity contribution in [3.05, 3.63) is 150 Å². The predicted octanol–water partition coefficient (Wildman–Crippen LogP) is 13.6. The predicted molar refractivity (Wildman–Crippen MR) is 209 cm³/mol. The van der Waals surface area contributed by atoms with Gasteiger partial charge in [0.25, 0.3) is 0 Å². The lowest BCUT2D eigenvalue weighted by molar-refractivity contribution is 0.590. The van der Waals surface area contributed by atoms with Crippen LogP contribution in [0.15, 0.2) is 132 Å². The summed E-state index contributed by atoms with van der Waals surface area (Å²) >= 11 is 0. The first kappa shape index (κ1) is 31.2. The van der Waals surface area contributed by atoms with Gasteiger partial charge in [-0.2, -0.15) is 0 Å². The summed E-state index contributed by atoms with van der Waals surface area (Å²) in [6, 6.07) is 46.8. The monoisotopic (exact) mass is 639 g/mol. The highest BCUT2D eigenvalue weighted by Gasteiger charge is 2.39. The third kappa shape index (κ3) is 5.08. The maximum Gasteiger partial charge on any atom is 0.160 e. The van der Waals surface area contributed by atoms with Gasteiger partial charge in [-0.1, -0.05) is 140 Å². The van der Waals surface area contributed by atoms with Crippen molar-refractivity contribution in [3.63, 3.8) is 0 Å². The third-order valence-corrected chi connectivity index (χ3v) is 10.6. The highest BCUT2D eigenvalue weighted by molar-refractivity contribution is 6.19. The van der Waals surface area contributed by atoms with E-state index in [-0.39, 0.29) is 16.2 Å². The third-order valence-electron chi connectivity index (χ3n) is 10.6. The van der Waals surface area contributed by atoms with Crippen molar-refractivity contribution in [1.82, 2.24) is 0 Å². The van der Waals surface area contributed by atoms with Crippen molar-refractivity contribution >= 4 is 39.0 Å². The van der Waals surface area contributed by atoms with Gasteiger partial charge in [0.05, 0.1) is 5.69 Å². The lowest BCUT2D eigenvalue weighted by atomic mass is 9.82. The molecule has 0 fully saturated rings. The van der Waals surface area contributed by atoms with E-state index in [2.05, 4.69) is 188 Å². The van der Waals surface area contributed by atoms with Crippen LogP contribution in [0.2, 0.25) is 0 Å². The van der Waals surface area contributed by atoms with E-state index in [0.717, 1.165) is 39.2 Å². The summed E-state index contributed by atoms with van der Waals surface area (Å²) in [4.78, 5) is 2.40. The van der Waals surface area contributed by atoms with Gasteiger partial charge < -0.3 is 9.32 Å². The Bertz CT molecular complexity index is 2280. The van der Waals surface area contributed by atoms with E-state index in [1.165, 1.54) is 44.3 Å². The lowest BCUT2D eigenvalue weighted by Gasteiger charge is -2.30. The van der Waals surface area contributed by atoms with Crippen molar-refractivity contribution in [2.24, 2.45) is 0 Å². The Morgan fingerprint density at radius 3 is 1.71 bits per heavy atom. The summed E-state index contributed by atoms with van der Waals surface area (Å²) in [6.45, 7) is 18.4. The molecule has 0 bridgehead atoms. The van der Waals surface area contributed by atoms with E-state index in [4.69, 9.17) is 4.42 Å². The highest BCUT2D eigenvalue weighted by atomic mass is 16.3. The van der Waals surface area contributed by atoms with E-state index < -0.39 is 0 Å². The maximum absolute atomic E-state index is 7.09. The van der Waals surface area contributed by atoms with Crippen LogP contribution in [0.5, 0.6) is 0 Å². The standard InChI is InChI=1S/C47H45NO/c1-45(2,3)32-19-23-34(24-20-32)48(35-25-21-33(22-26-35)46(4,5)6)40-29-39-42(36-16-12-13-17-38(36)47(39,7)8)43-37-27-18-31(28-41(37)49-44(40)43)30-14-10-9-11-15-30/h9-29H,1-8H3. The second kappa shape index (κ2) is 11.0. The SMILES string of the molecule is CC(C)(C)c1ccc(N(c2ccc(C(C)(C)C)cc2)c2cc3c(c4c2oc2cc(-c5ccccc5)ccc24)-c2ccccc2C3(C)C)cc1. The molecule has 0 radical (unpaired) electrons. The summed E-state index contributed by atoms with van der Waals surface area (Å²) < 4.78 is 7.09. The zero-order valence-electron chi connectivity index (χ0n) is 30.0. The first-order valence-electron chi connectivity index (χ1n) is 17.5. The Kier molecular flexibility index (Phi) is 6.99. The summed E-state index contributed by atoms with van der Waals surface area (Å²) in [6.07, 6.45) is 0. The number of nitrogens with zero attached hydrogens (tertiary/aromatic N) is 1. The minimum atomic E-state index is -0.180. The first-order valence-corrected chi connectivity index (χ1v) is 17.5. The molecule has 0 N–H and O–H groups in total. The molecule has 1 aliphatic carbocycles. The molecular weight excluding hydrogens is 595 g/mol. The van der Waals surface area contributed by atoms with Gasteiger partial charge in [-0.15, -0.1) is 0 Å². The molecule has 0 atom stereocenters. The molecule has 0 aliphatic heterocycles. The topological polar surface area (TPSA) is 16.4 Å². The van der Waals surface area contributed by atoms with Crippen LogP contribution >= 0.6 is 0 Å². The van der Waals surface area contributed by atoms with E-state index in [1.54, 1.807) is 0 Å². The molecule has 6 aromatic carbocycles. The second-order valence-corrected chi connectivity index (χ2v) is 16.3. The zero-order chi connectivity index (χ0) is 34.3. The number of benzene rings is 6. The molecule has 1 aromatic heterocycles. The molecule has 1 aliphatic rings. The normalized spacial score (nSPS) is 13.9. The van der Waals surface area contributed by atoms with Crippen LogP contribution in [-0.2, 0) is 16.2 Å². The summed E-state index contributed by atoms with van der Waals surface area (Å²) in [7, 11) is 0. The molecular formula is C47H45NO. The number of anilines is 3. The molecule has 7 aromatic rings. The lowest BCUT2D eigenvalue weighted by Crippen LogP contribution is -2.17. The van der Waals surface area contributed by atoms with Crippen LogP contribution in [-0.4, -0.2) is 0 Å². The molecule has 1 heterocycles. The van der Waals surface area contributed by atoms with Crippen molar-refractivity contribution in [3.8, 4) is 22.3 Å². The molecule has 0 saturated heterocycles. The van der Waals surface area contributed by atoms with Crippen LogP contribution in [0.4, 0.5) is 17.1 Å². The molecule has 49 heavy (non-hydrogen) atoms. The zero-order valence-corrected chi connectivity index (χ0v) is 30.0. The minimum absolute atomic E-state index is 0.0591. The Labute approximate surface area is 291 Å². The van der Waals surface area contributed by atoms with Gasteiger partial charge in [0.15, 0.2) is 5.58 Å². The van der Waals surface area contributed by atoms with Gasteiger partial charge in [-0.25, -0.2) is 0 Å². The van der Waals surface area contributed by atoms with Gasteiger partial charge in [0.2, 0.25) is 0 Å². The number of fused-ring (bicyclic) bond motifs is 7. The summed E-state index contributed by atoms with van der Waals surface area (Å²) in [5.74, 6) is 0. The van der Waals surface area contributed by atoms with Crippen molar-refractivity contribution in [2.45, 2.75) is 71.6 Å². The largest absolute Gasteiger partial charge is 0.454 e. The van der Waals surface area contributed by atoms with Crippen LogP contribution < -0.4 is 4.90 Å². The Hall–Kier alpha value is -5.08. The summed E-state index contributed by atoms with van der Waals surface area (Å²) in [5, 5.41) is 2.33. The van der Waals surface area contributed by atoms with Gasteiger partial charge in [0, 0.05) is 27.6 Å². The van der Waals surface area contributed by atoms with Crippen LogP contribution in [0.25, 0.3) is 44.2 Å². The van der Waals surface area contributed by atoms with E-state index >= 15 is 0 Å². The maximum atomic E-state index is 7.09. The van der Waals surface area contributed by atoms with Crippen LogP contribution in [0, 0.1) is 0 Å². The molecule has 0 unspecified atom stereocenters. The Morgan fingerprint density at radius 1 is 0.551 bits per heavy atom. The van der Waals surface area contributed by atoms with Crippen molar-refractivity contribution in [2.75, 3.05) is 4.90 Å². The van der Waals surface area contributed by atoms with E-state index in [1.807, 2.05) is 0 Å².